The molecule has 0 atom stereocenters. The lowest BCUT2D eigenvalue weighted by atomic mass is 9.75. The van der Waals surface area contributed by atoms with Gasteiger partial charge in [-0.15, -0.1) is 0 Å². The molecule has 2 N–H and O–H groups in total. The predicted molar refractivity (Wildman–Crippen MR) is 104 cm³/mol. The molecule has 0 bridgehead atoms. The summed E-state index contributed by atoms with van der Waals surface area (Å²) in [5, 5.41) is 20.7. The molecule has 25 heavy (non-hydrogen) atoms. The van der Waals surface area contributed by atoms with Crippen molar-refractivity contribution in [3.8, 4) is 11.1 Å². The fraction of sp³-hybridized carbons (Fsp3) is 0.478. The molecule has 1 aliphatic rings. The minimum absolute atomic E-state index is 0.0248. The van der Waals surface area contributed by atoms with Gasteiger partial charge in [0.15, 0.2) is 0 Å². The van der Waals surface area contributed by atoms with E-state index in [2.05, 4.69) is 77.9 Å². The molecule has 1 aliphatic carbocycles. The fourth-order valence-electron chi connectivity index (χ4n) is 3.82. The van der Waals surface area contributed by atoms with Gasteiger partial charge in [0.1, 0.15) is 0 Å². The first kappa shape index (κ1) is 18.2. The molecule has 0 fully saturated rings. The summed E-state index contributed by atoms with van der Waals surface area (Å²) < 4.78 is 0. The third kappa shape index (κ3) is 2.72. The van der Waals surface area contributed by atoms with Crippen LogP contribution in [0.15, 0.2) is 36.4 Å². The Bertz CT molecular complexity index is 734. The van der Waals surface area contributed by atoms with Crippen LogP contribution in [0.25, 0.3) is 11.1 Å². The fourth-order valence-corrected chi connectivity index (χ4v) is 3.82. The van der Waals surface area contributed by atoms with Crippen LogP contribution < -0.4 is 0 Å². The molecule has 0 spiro atoms. The Labute approximate surface area is 151 Å². The van der Waals surface area contributed by atoms with Gasteiger partial charge >= 0.3 is 0 Å². The molecule has 134 valence electrons. The Hall–Kier alpha value is -1.64. The van der Waals surface area contributed by atoms with Crippen molar-refractivity contribution in [2.45, 2.75) is 57.8 Å². The van der Waals surface area contributed by atoms with Crippen molar-refractivity contribution in [2.75, 3.05) is 13.2 Å². The second kappa shape index (κ2) is 5.69. The summed E-state index contributed by atoms with van der Waals surface area (Å²) in [6, 6.07) is 13.0. The Morgan fingerprint density at radius 3 is 1.32 bits per heavy atom. The van der Waals surface area contributed by atoms with Gasteiger partial charge in [-0.05, 0) is 44.2 Å². The van der Waals surface area contributed by atoms with E-state index in [1.54, 1.807) is 0 Å². The highest BCUT2D eigenvalue weighted by Gasteiger charge is 2.43. The van der Waals surface area contributed by atoms with E-state index in [1.807, 2.05) is 0 Å². The quantitative estimate of drug-likeness (QED) is 0.844. The average molecular weight is 338 g/mol. The zero-order valence-electron chi connectivity index (χ0n) is 16.3. The van der Waals surface area contributed by atoms with Gasteiger partial charge in [0.2, 0.25) is 0 Å². The maximum Gasteiger partial charge on any atom is 0.0676 e. The smallest absolute Gasteiger partial charge is 0.0676 e. The van der Waals surface area contributed by atoms with Gasteiger partial charge < -0.3 is 10.2 Å². The first-order valence-electron chi connectivity index (χ1n) is 9.07. The first-order valence-corrected chi connectivity index (χ1v) is 9.07. The first-order chi connectivity index (χ1) is 11.5. The van der Waals surface area contributed by atoms with Crippen LogP contribution in [0.4, 0.5) is 0 Å². The third-order valence-corrected chi connectivity index (χ3v) is 5.63. The maximum atomic E-state index is 10.3. The van der Waals surface area contributed by atoms with Gasteiger partial charge in [0, 0.05) is 0 Å². The normalized spacial score (nSPS) is 15.8. The minimum Gasteiger partial charge on any atom is -0.395 e. The lowest BCUT2D eigenvalue weighted by Crippen LogP contribution is -2.34. The van der Waals surface area contributed by atoms with Crippen molar-refractivity contribution in [3.05, 3.63) is 58.7 Å². The van der Waals surface area contributed by atoms with Gasteiger partial charge in [0.05, 0.1) is 18.6 Å². The summed E-state index contributed by atoms with van der Waals surface area (Å²) in [6.45, 7) is 12.9. The van der Waals surface area contributed by atoms with Gasteiger partial charge in [-0.1, -0.05) is 77.9 Å². The molecule has 2 aromatic carbocycles. The summed E-state index contributed by atoms with van der Waals surface area (Å²) >= 11 is 0. The SMILES string of the molecule is CC(C)(C)c1ccc2c(c1)C(CO)(CO)c1cc(C(C)(C)C)ccc1-2. The third-order valence-electron chi connectivity index (χ3n) is 5.63. The second-order valence-electron chi connectivity index (χ2n) is 9.42. The van der Waals surface area contributed by atoms with E-state index < -0.39 is 5.41 Å². The Kier molecular flexibility index (Phi) is 4.13. The van der Waals surface area contributed by atoms with Crippen LogP contribution in [0.1, 0.15) is 63.8 Å². The summed E-state index contributed by atoms with van der Waals surface area (Å²) in [6.07, 6.45) is 0. The molecule has 0 saturated heterocycles. The zero-order chi connectivity index (χ0) is 18.6. The van der Waals surface area contributed by atoms with Crippen LogP contribution in [-0.4, -0.2) is 23.4 Å². The van der Waals surface area contributed by atoms with E-state index in [0.29, 0.717) is 0 Å². The molecule has 2 aromatic rings. The summed E-state index contributed by atoms with van der Waals surface area (Å²) in [7, 11) is 0. The van der Waals surface area contributed by atoms with Crippen molar-refractivity contribution in [2.24, 2.45) is 0 Å². The molecular formula is C23H30O2. The standard InChI is InChI=1S/C23H30O2/c1-21(2,3)15-7-9-17-18-10-8-16(22(4,5)6)12-20(18)23(13-24,14-25)19(17)11-15/h7-12,24-25H,13-14H2,1-6H3. The summed E-state index contributed by atoms with van der Waals surface area (Å²) in [5.74, 6) is 0. The number of hydrogen-bond donors (Lipinski definition) is 2. The molecule has 0 unspecified atom stereocenters. The lowest BCUT2D eigenvalue weighted by Gasteiger charge is -2.30. The number of hydrogen-bond acceptors (Lipinski definition) is 2. The Morgan fingerprint density at radius 2 is 1.04 bits per heavy atom. The average Bonchev–Trinajstić information content (AvgIpc) is 2.82. The number of fused-ring (bicyclic) bond motifs is 3. The lowest BCUT2D eigenvalue weighted by molar-refractivity contribution is 0.146. The molecule has 0 amide bonds. The largest absolute Gasteiger partial charge is 0.395 e. The van der Waals surface area contributed by atoms with Crippen LogP contribution in [0.3, 0.4) is 0 Å². The van der Waals surface area contributed by atoms with E-state index in [4.69, 9.17) is 0 Å². The Balaban J connectivity index is 2.29. The van der Waals surface area contributed by atoms with Crippen molar-refractivity contribution in [1.82, 2.24) is 0 Å². The van der Waals surface area contributed by atoms with Gasteiger partial charge in [0.25, 0.3) is 0 Å². The minimum atomic E-state index is -0.729. The van der Waals surface area contributed by atoms with Crippen LogP contribution in [0, 0.1) is 0 Å². The van der Waals surface area contributed by atoms with Crippen molar-refractivity contribution in [1.29, 1.82) is 0 Å². The maximum absolute atomic E-state index is 10.3. The molecule has 0 saturated carbocycles. The van der Waals surface area contributed by atoms with Crippen molar-refractivity contribution >= 4 is 0 Å². The topological polar surface area (TPSA) is 40.5 Å². The number of rotatable bonds is 2. The van der Waals surface area contributed by atoms with E-state index in [0.717, 1.165) is 22.3 Å². The van der Waals surface area contributed by atoms with Crippen LogP contribution in [0.2, 0.25) is 0 Å². The zero-order valence-corrected chi connectivity index (χ0v) is 16.3. The van der Waals surface area contributed by atoms with Gasteiger partial charge in [-0.25, -0.2) is 0 Å². The monoisotopic (exact) mass is 338 g/mol. The number of aliphatic hydroxyl groups excluding tert-OH is 2. The predicted octanol–water partition coefficient (Wildman–Crippen LogP) is 4.53. The molecule has 2 nitrogen and oxygen atoms in total. The molecule has 0 heterocycles. The van der Waals surface area contributed by atoms with Crippen LogP contribution in [0.5, 0.6) is 0 Å². The van der Waals surface area contributed by atoms with Crippen LogP contribution >= 0.6 is 0 Å². The molecular weight excluding hydrogens is 308 g/mol. The number of aliphatic hydroxyl groups is 2. The molecule has 0 radical (unpaired) electrons. The van der Waals surface area contributed by atoms with E-state index in [9.17, 15) is 10.2 Å². The highest BCUT2D eigenvalue weighted by molar-refractivity contribution is 5.82. The van der Waals surface area contributed by atoms with Crippen LogP contribution in [-0.2, 0) is 16.2 Å². The summed E-state index contributed by atoms with van der Waals surface area (Å²) in [5.41, 5.74) is 6.12. The molecule has 0 aromatic heterocycles. The molecule has 3 rings (SSSR count). The van der Waals surface area contributed by atoms with Crippen molar-refractivity contribution in [3.63, 3.8) is 0 Å². The van der Waals surface area contributed by atoms with E-state index >= 15 is 0 Å². The van der Waals surface area contributed by atoms with Gasteiger partial charge in [-0.2, -0.15) is 0 Å². The highest BCUT2D eigenvalue weighted by Crippen LogP contribution is 2.50. The highest BCUT2D eigenvalue weighted by atomic mass is 16.3. The number of benzene rings is 2. The molecule has 2 heteroatoms. The van der Waals surface area contributed by atoms with Crippen molar-refractivity contribution < 1.29 is 10.2 Å². The van der Waals surface area contributed by atoms with E-state index in [1.165, 1.54) is 11.1 Å². The Morgan fingerprint density at radius 1 is 0.680 bits per heavy atom. The molecule has 0 aliphatic heterocycles. The van der Waals surface area contributed by atoms with E-state index in [-0.39, 0.29) is 24.0 Å². The summed E-state index contributed by atoms with van der Waals surface area (Å²) in [4.78, 5) is 0. The van der Waals surface area contributed by atoms with Gasteiger partial charge in [-0.3, -0.25) is 0 Å². The second-order valence-corrected chi connectivity index (χ2v) is 9.42.